The Kier molecular flexibility index (Phi) is 6.17. The molecule has 2 aromatic rings. The SMILES string of the molecule is Cc1ccccc1-c1nnc(SCC(=O)NC2(C#N)CCCCCC2)n1C. The van der Waals surface area contributed by atoms with E-state index in [2.05, 4.69) is 21.6 Å². The van der Waals surface area contributed by atoms with E-state index in [0.717, 1.165) is 55.5 Å². The quantitative estimate of drug-likeness (QED) is 0.630. The Bertz CT molecular complexity index is 846. The first kappa shape index (κ1) is 19.4. The fourth-order valence-corrected chi connectivity index (χ4v) is 4.24. The van der Waals surface area contributed by atoms with Crippen LogP contribution in [0.25, 0.3) is 11.4 Å². The zero-order valence-corrected chi connectivity index (χ0v) is 16.7. The van der Waals surface area contributed by atoms with Crippen molar-refractivity contribution in [1.82, 2.24) is 20.1 Å². The fraction of sp³-hybridized carbons (Fsp3) is 0.500. The van der Waals surface area contributed by atoms with Crippen LogP contribution in [0.4, 0.5) is 0 Å². The maximum atomic E-state index is 12.5. The molecule has 1 aliphatic rings. The Morgan fingerprint density at radius 2 is 1.96 bits per heavy atom. The zero-order valence-electron chi connectivity index (χ0n) is 15.9. The standard InChI is InChI=1S/C20H25N5OS/c1-15-9-5-6-10-16(15)18-23-24-19(25(18)2)27-13-17(26)22-20(14-21)11-7-3-4-8-12-20/h5-6,9-10H,3-4,7-8,11-13H2,1-2H3,(H,22,26). The maximum Gasteiger partial charge on any atom is 0.231 e. The van der Waals surface area contributed by atoms with E-state index < -0.39 is 5.54 Å². The lowest BCUT2D eigenvalue weighted by atomic mass is 9.92. The van der Waals surface area contributed by atoms with E-state index in [0.29, 0.717) is 5.16 Å². The van der Waals surface area contributed by atoms with Gasteiger partial charge in [-0.05, 0) is 25.3 Å². The highest BCUT2D eigenvalue weighted by Crippen LogP contribution is 2.28. The lowest BCUT2D eigenvalue weighted by Gasteiger charge is -2.26. The van der Waals surface area contributed by atoms with E-state index in [1.54, 1.807) is 0 Å². The van der Waals surface area contributed by atoms with Gasteiger partial charge in [-0.3, -0.25) is 4.79 Å². The second-order valence-electron chi connectivity index (χ2n) is 7.13. The predicted octanol–water partition coefficient (Wildman–Crippen LogP) is 3.62. The third-order valence-electron chi connectivity index (χ3n) is 5.10. The van der Waals surface area contributed by atoms with Gasteiger partial charge in [-0.2, -0.15) is 5.26 Å². The highest BCUT2D eigenvalue weighted by Gasteiger charge is 2.32. The van der Waals surface area contributed by atoms with Gasteiger partial charge in [0.2, 0.25) is 5.91 Å². The van der Waals surface area contributed by atoms with E-state index in [1.165, 1.54) is 11.8 Å². The maximum absolute atomic E-state index is 12.5. The fourth-order valence-electron chi connectivity index (χ4n) is 3.53. The zero-order chi connectivity index (χ0) is 19.3. The van der Waals surface area contributed by atoms with Gasteiger partial charge in [0, 0.05) is 12.6 Å². The molecule has 0 bridgehead atoms. The molecule has 142 valence electrons. The molecule has 1 N–H and O–H groups in total. The van der Waals surface area contributed by atoms with Crippen LogP contribution in [-0.2, 0) is 11.8 Å². The van der Waals surface area contributed by atoms with Gasteiger partial charge < -0.3 is 9.88 Å². The molecule has 1 aromatic carbocycles. The number of nitrogens with one attached hydrogen (secondary N) is 1. The van der Waals surface area contributed by atoms with Gasteiger partial charge in [0.25, 0.3) is 0 Å². The molecule has 0 saturated heterocycles. The highest BCUT2D eigenvalue weighted by molar-refractivity contribution is 7.99. The Labute approximate surface area is 164 Å². The molecule has 1 aromatic heterocycles. The van der Waals surface area contributed by atoms with Crippen molar-refractivity contribution in [2.75, 3.05) is 5.75 Å². The first-order valence-electron chi connectivity index (χ1n) is 9.35. The molecule has 1 heterocycles. The predicted molar refractivity (Wildman–Crippen MR) is 106 cm³/mol. The molecule has 0 atom stereocenters. The van der Waals surface area contributed by atoms with E-state index >= 15 is 0 Å². The van der Waals surface area contributed by atoms with E-state index in [1.807, 2.05) is 42.8 Å². The molecule has 1 amide bonds. The number of aromatic nitrogens is 3. The number of thioether (sulfide) groups is 1. The summed E-state index contributed by atoms with van der Waals surface area (Å²) >= 11 is 1.35. The first-order valence-corrected chi connectivity index (χ1v) is 10.3. The summed E-state index contributed by atoms with van der Waals surface area (Å²) in [6.07, 6.45) is 5.72. The number of benzene rings is 1. The molecule has 1 aliphatic carbocycles. The number of nitriles is 1. The molecular formula is C20H25N5OS. The third kappa shape index (κ3) is 4.51. The normalized spacial score (nSPS) is 16.3. The summed E-state index contributed by atoms with van der Waals surface area (Å²) in [6, 6.07) is 10.4. The third-order valence-corrected chi connectivity index (χ3v) is 6.12. The van der Waals surface area contributed by atoms with Crippen LogP contribution >= 0.6 is 11.8 Å². The number of aryl methyl sites for hydroxylation is 1. The molecule has 0 unspecified atom stereocenters. The van der Waals surface area contributed by atoms with Crippen LogP contribution in [-0.4, -0.2) is 32.0 Å². The van der Waals surface area contributed by atoms with Gasteiger partial charge >= 0.3 is 0 Å². The van der Waals surface area contributed by atoms with Crippen LogP contribution in [0.3, 0.4) is 0 Å². The summed E-state index contributed by atoms with van der Waals surface area (Å²) in [6.45, 7) is 2.04. The minimum Gasteiger partial charge on any atom is -0.337 e. The second kappa shape index (κ2) is 8.57. The van der Waals surface area contributed by atoms with Crippen molar-refractivity contribution in [3.05, 3.63) is 29.8 Å². The number of amides is 1. The first-order chi connectivity index (χ1) is 13.0. The van der Waals surface area contributed by atoms with Crippen LogP contribution in [0.5, 0.6) is 0 Å². The summed E-state index contributed by atoms with van der Waals surface area (Å²) in [5.74, 6) is 0.889. The van der Waals surface area contributed by atoms with Crippen LogP contribution < -0.4 is 5.32 Å². The van der Waals surface area contributed by atoms with E-state index in [-0.39, 0.29) is 11.7 Å². The van der Waals surface area contributed by atoms with Crippen molar-refractivity contribution in [3.63, 3.8) is 0 Å². The van der Waals surface area contributed by atoms with Crippen LogP contribution in [0.15, 0.2) is 29.4 Å². The molecular weight excluding hydrogens is 358 g/mol. The number of nitrogens with zero attached hydrogens (tertiary/aromatic N) is 4. The number of hydrogen-bond acceptors (Lipinski definition) is 5. The highest BCUT2D eigenvalue weighted by atomic mass is 32.2. The Balaban J connectivity index is 1.64. The summed E-state index contributed by atoms with van der Waals surface area (Å²) < 4.78 is 1.91. The monoisotopic (exact) mass is 383 g/mol. The van der Waals surface area contributed by atoms with Crippen LogP contribution in [0, 0.1) is 18.3 Å². The Morgan fingerprint density at radius 3 is 2.63 bits per heavy atom. The Morgan fingerprint density at radius 1 is 1.26 bits per heavy atom. The topological polar surface area (TPSA) is 83.6 Å². The summed E-state index contributed by atoms with van der Waals surface area (Å²) in [5, 5.41) is 21.8. The van der Waals surface area contributed by atoms with Crippen molar-refractivity contribution < 1.29 is 4.79 Å². The van der Waals surface area contributed by atoms with Crippen LogP contribution in [0.1, 0.15) is 44.1 Å². The van der Waals surface area contributed by atoms with Crippen LogP contribution in [0.2, 0.25) is 0 Å². The summed E-state index contributed by atoms with van der Waals surface area (Å²) in [4.78, 5) is 12.5. The van der Waals surface area contributed by atoms with E-state index in [4.69, 9.17) is 0 Å². The van der Waals surface area contributed by atoms with E-state index in [9.17, 15) is 10.1 Å². The van der Waals surface area contributed by atoms with Crippen molar-refractivity contribution in [1.29, 1.82) is 5.26 Å². The van der Waals surface area contributed by atoms with Gasteiger partial charge in [-0.1, -0.05) is 61.7 Å². The molecule has 0 aliphatic heterocycles. The molecule has 6 nitrogen and oxygen atoms in total. The number of carbonyl (C=O) groups is 1. The van der Waals surface area contributed by atoms with Gasteiger partial charge in [-0.25, -0.2) is 0 Å². The van der Waals surface area contributed by atoms with Gasteiger partial charge in [0.15, 0.2) is 11.0 Å². The minimum absolute atomic E-state index is 0.121. The summed E-state index contributed by atoms with van der Waals surface area (Å²) in [5.41, 5.74) is 1.46. The van der Waals surface area contributed by atoms with Gasteiger partial charge in [0.1, 0.15) is 5.54 Å². The molecule has 0 spiro atoms. The largest absolute Gasteiger partial charge is 0.337 e. The molecule has 3 rings (SSSR count). The molecule has 0 radical (unpaired) electrons. The molecule has 7 heteroatoms. The Hall–Kier alpha value is -2.33. The number of carbonyl (C=O) groups excluding carboxylic acids is 1. The number of rotatable bonds is 5. The lowest BCUT2D eigenvalue weighted by molar-refractivity contribution is -0.120. The average molecular weight is 384 g/mol. The summed E-state index contributed by atoms with van der Waals surface area (Å²) in [7, 11) is 1.91. The van der Waals surface area contributed by atoms with Crippen molar-refractivity contribution in [3.8, 4) is 17.5 Å². The minimum atomic E-state index is -0.708. The van der Waals surface area contributed by atoms with Crippen molar-refractivity contribution >= 4 is 17.7 Å². The molecule has 27 heavy (non-hydrogen) atoms. The molecule has 1 saturated carbocycles. The van der Waals surface area contributed by atoms with Gasteiger partial charge in [0.05, 0.1) is 11.8 Å². The second-order valence-corrected chi connectivity index (χ2v) is 8.07. The lowest BCUT2D eigenvalue weighted by Crippen LogP contribution is -2.47. The van der Waals surface area contributed by atoms with Gasteiger partial charge in [-0.15, -0.1) is 10.2 Å². The van der Waals surface area contributed by atoms with Crippen molar-refractivity contribution in [2.45, 2.75) is 56.1 Å². The van der Waals surface area contributed by atoms with Crippen molar-refractivity contribution in [2.24, 2.45) is 7.05 Å². The molecule has 1 fully saturated rings. The average Bonchev–Trinajstić information content (AvgIpc) is 2.88. The number of hydrogen-bond donors (Lipinski definition) is 1. The smallest absolute Gasteiger partial charge is 0.231 e.